The third-order valence-electron chi connectivity index (χ3n) is 3.76. The first kappa shape index (κ1) is 12.9. The number of aliphatic hydroxyl groups is 1. The van der Waals surface area contributed by atoms with Crippen LogP contribution in [0.1, 0.15) is 19.3 Å². The zero-order chi connectivity index (χ0) is 13.9. The molecule has 5 nitrogen and oxygen atoms in total. The smallest absolute Gasteiger partial charge is 0.230 e. The van der Waals surface area contributed by atoms with Gasteiger partial charge in [0.05, 0.1) is 29.7 Å². The van der Waals surface area contributed by atoms with Gasteiger partial charge in [-0.25, -0.2) is 4.98 Å². The van der Waals surface area contributed by atoms with Crippen LogP contribution in [-0.2, 0) is 4.79 Å². The van der Waals surface area contributed by atoms with Gasteiger partial charge in [0.25, 0.3) is 0 Å². The van der Waals surface area contributed by atoms with E-state index < -0.39 is 6.10 Å². The molecule has 0 bridgehead atoms. The summed E-state index contributed by atoms with van der Waals surface area (Å²) in [6.07, 6.45) is 7.06. The van der Waals surface area contributed by atoms with Crippen molar-refractivity contribution < 1.29 is 9.90 Å². The Morgan fingerprint density at radius 1 is 1.35 bits per heavy atom. The number of para-hydroxylation sites is 2. The number of carbonyl (C=O) groups excluding carboxylic acids is 1. The monoisotopic (exact) mass is 271 g/mol. The predicted molar refractivity (Wildman–Crippen MR) is 75.5 cm³/mol. The maximum absolute atomic E-state index is 12.3. The maximum Gasteiger partial charge on any atom is 0.230 e. The second-order valence-corrected chi connectivity index (χ2v) is 5.08. The van der Waals surface area contributed by atoms with Gasteiger partial charge in [-0.3, -0.25) is 4.79 Å². The molecule has 104 valence electrons. The van der Waals surface area contributed by atoms with Crippen LogP contribution >= 0.6 is 0 Å². The molecule has 3 rings (SSSR count). The van der Waals surface area contributed by atoms with Crippen LogP contribution in [0.5, 0.6) is 0 Å². The first-order valence-corrected chi connectivity index (χ1v) is 6.82. The van der Waals surface area contributed by atoms with E-state index in [1.807, 2.05) is 35.0 Å². The number of rotatable bonds is 3. The molecule has 2 atom stereocenters. The summed E-state index contributed by atoms with van der Waals surface area (Å²) in [6.45, 7) is 0. The molecule has 0 spiro atoms. The predicted octanol–water partition coefficient (Wildman–Crippen LogP) is 1.97. The number of hydrogen-bond donors (Lipinski definition) is 2. The average molecular weight is 271 g/mol. The van der Waals surface area contributed by atoms with Crippen LogP contribution in [-0.4, -0.2) is 26.7 Å². The van der Waals surface area contributed by atoms with E-state index in [0.29, 0.717) is 6.42 Å². The van der Waals surface area contributed by atoms with Crippen molar-refractivity contribution in [2.75, 3.05) is 5.32 Å². The highest BCUT2D eigenvalue weighted by Crippen LogP contribution is 2.28. The van der Waals surface area contributed by atoms with E-state index in [2.05, 4.69) is 10.3 Å². The molecule has 1 saturated carbocycles. The fourth-order valence-electron chi connectivity index (χ4n) is 2.68. The van der Waals surface area contributed by atoms with Crippen LogP contribution in [0.4, 0.5) is 5.69 Å². The van der Waals surface area contributed by atoms with Crippen molar-refractivity contribution in [2.45, 2.75) is 25.4 Å². The number of nitrogens with zero attached hydrogens (tertiary/aromatic N) is 2. The third-order valence-corrected chi connectivity index (χ3v) is 3.76. The van der Waals surface area contributed by atoms with Gasteiger partial charge in [0.15, 0.2) is 0 Å². The Bertz CT molecular complexity index is 595. The van der Waals surface area contributed by atoms with Crippen LogP contribution in [0.25, 0.3) is 5.69 Å². The zero-order valence-electron chi connectivity index (χ0n) is 11.1. The number of nitrogens with one attached hydrogen (secondary N) is 1. The summed E-state index contributed by atoms with van der Waals surface area (Å²) in [5.41, 5.74) is 1.60. The molecule has 20 heavy (non-hydrogen) atoms. The van der Waals surface area contributed by atoms with Crippen molar-refractivity contribution in [1.29, 1.82) is 0 Å². The van der Waals surface area contributed by atoms with Gasteiger partial charge < -0.3 is 15.0 Å². The Kier molecular flexibility index (Phi) is 3.52. The molecule has 2 N–H and O–H groups in total. The summed E-state index contributed by atoms with van der Waals surface area (Å²) >= 11 is 0. The number of amides is 1. The Morgan fingerprint density at radius 3 is 2.90 bits per heavy atom. The van der Waals surface area contributed by atoms with Crippen molar-refractivity contribution in [3.8, 4) is 5.69 Å². The van der Waals surface area contributed by atoms with E-state index >= 15 is 0 Å². The summed E-state index contributed by atoms with van der Waals surface area (Å²) in [5, 5.41) is 12.7. The van der Waals surface area contributed by atoms with Gasteiger partial charge in [-0.2, -0.15) is 0 Å². The second kappa shape index (κ2) is 5.46. The molecule has 1 aromatic carbocycles. The molecular formula is C15H17N3O2. The first-order valence-electron chi connectivity index (χ1n) is 6.82. The van der Waals surface area contributed by atoms with Gasteiger partial charge in [0.1, 0.15) is 0 Å². The Morgan fingerprint density at radius 2 is 2.20 bits per heavy atom. The largest absolute Gasteiger partial charge is 0.392 e. The summed E-state index contributed by atoms with van der Waals surface area (Å²) < 4.78 is 1.85. The molecule has 5 heteroatoms. The molecule has 1 amide bonds. The Hall–Kier alpha value is -2.14. The molecule has 1 aliphatic rings. The van der Waals surface area contributed by atoms with Gasteiger partial charge >= 0.3 is 0 Å². The highest BCUT2D eigenvalue weighted by molar-refractivity contribution is 5.95. The lowest BCUT2D eigenvalue weighted by molar-refractivity contribution is -0.122. The number of aliphatic hydroxyl groups excluding tert-OH is 1. The number of carbonyl (C=O) groups is 1. The van der Waals surface area contributed by atoms with Crippen molar-refractivity contribution in [1.82, 2.24) is 9.55 Å². The fourth-order valence-corrected chi connectivity index (χ4v) is 2.68. The normalized spacial score (nSPS) is 21.9. The maximum atomic E-state index is 12.3. The van der Waals surface area contributed by atoms with Crippen molar-refractivity contribution in [3.63, 3.8) is 0 Å². The van der Waals surface area contributed by atoms with Crippen LogP contribution in [0, 0.1) is 5.92 Å². The van der Waals surface area contributed by atoms with Gasteiger partial charge in [0.2, 0.25) is 5.91 Å². The molecule has 0 radical (unpaired) electrons. The summed E-state index contributed by atoms with van der Waals surface area (Å²) in [7, 11) is 0. The van der Waals surface area contributed by atoms with E-state index in [4.69, 9.17) is 0 Å². The van der Waals surface area contributed by atoms with Gasteiger partial charge in [-0.05, 0) is 31.4 Å². The minimum Gasteiger partial charge on any atom is -0.392 e. The van der Waals surface area contributed by atoms with Crippen LogP contribution in [0.15, 0.2) is 43.0 Å². The molecule has 1 aromatic heterocycles. The molecule has 2 aromatic rings. The standard InChI is InChI=1S/C15H17N3O2/c19-14-7-3-4-11(14)15(20)17-12-5-1-2-6-13(12)18-9-8-16-10-18/h1-2,5-6,8-11,14,19H,3-4,7H2,(H,17,20). The average Bonchev–Trinajstić information content (AvgIpc) is 3.10. The summed E-state index contributed by atoms with van der Waals surface area (Å²) in [6, 6.07) is 7.56. The quantitative estimate of drug-likeness (QED) is 0.897. The SMILES string of the molecule is O=C(Nc1ccccc1-n1ccnc1)C1CCCC1O. The van der Waals surface area contributed by atoms with Crippen molar-refractivity contribution in [3.05, 3.63) is 43.0 Å². The molecule has 1 aliphatic carbocycles. The number of benzene rings is 1. The molecule has 2 unspecified atom stereocenters. The van der Waals surface area contributed by atoms with E-state index in [-0.39, 0.29) is 11.8 Å². The minimum absolute atomic E-state index is 0.109. The molecular weight excluding hydrogens is 254 g/mol. The minimum atomic E-state index is -0.518. The number of aromatic nitrogens is 2. The van der Waals surface area contributed by atoms with Gasteiger partial charge in [-0.15, -0.1) is 0 Å². The molecule has 0 saturated heterocycles. The van der Waals surface area contributed by atoms with E-state index in [1.54, 1.807) is 12.5 Å². The molecule has 1 fully saturated rings. The van der Waals surface area contributed by atoms with Crippen LogP contribution < -0.4 is 5.32 Å². The molecule has 0 aliphatic heterocycles. The Labute approximate surface area is 117 Å². The first-order chi connectivity index (χ1) is 9.75. The lowest BCUT2D eigenvalue weighted by Crippen LogP contribution is -2.29. The van der Waals surface area contributed by atoms with Crippen LogP contribution in [0.3, 0.4) is 0 Å². The topological polar surface area (TPSA) is 67.2 Å². The van der Waals surface area contributed by atoms with Crippen molar-refractivity contribution >= 4 is 11.6 Å². The number of hydrogen-bond acceptors (Lipinski definition) is 3. The Balaban J connectivity index is 1.83. The lowest BCUT2D eigenvalue weighted by Gasteiger charge is -2.16. The van der Waals surface area contributed by atoms with Crippen molar-refractivity contribution in [2.24, 2.45) is 5.92 Å². The third kappa shape index (κ3) is 2.44. The number of imidazole rings is 1. The summed E-state index contributed by atoms with van der Waals surface area (Å²) in [5.74, 6) is -0.409. The molecule has 1 heterocycles. The second-order valence-electron chi connectivity index (χ2n) is 5.08. The van der Waals surface area contributed by atoms with E-state index in [1.165, 1.54) is 0 Å². The summed E-state index contributed by atoms with van der Waals surface area (Å²) in [4.78, 5) is 16.3. The highest BCUT2D eigenvalue weighted by atomic mass is 16.3. The fraction of sp³-hybridized carbons (Fsp3) is 0.333. The highest BCUT2D eigenvalue weighted by Gasteiger charge is 2.31. The van der Waals surface area contributed by atoms with Gasteiger partial charge in [-0.1, -0.05) is 12.1 Å². The van der Waals surface area contributed by atoms with E-state index in [0.717, 1.165) is 24.2 Å². The zero-order valence-corrected chi connectivity index (χ0v) is 11.1. The lowest BCUT2D eigenvalue weighted by atomic mass is 10.1. The number of anilines is 1. The van der Waals surface area contributed by atoms with Crippen LogP contribution in [0.2, 0.25) is 0 Å². The van der Waals surface area contributed by atoms with E-state index in [9.17, 15) is 9.90 Å². The van der Waals surface area contributed by atoms with Gasteiger partial charge in [0, 0.05) is 12.4 Å².